The molecule has 0 radical (unpaired) electrons. The molecule has 26 heavy (non-hydrogen) atoms. The number of hydrogen-bond donors (Lipinski definition) is 1. The Morgan fingerprint density at radius 3 is 2.73 bits per heavy atom. The summed E-state index contributed by atoms with van der Waals surface area (Å²) in [6, 6.07) is 7.79. The lowest BCUT2D eigenvalue weighted by atomic mass is 9.98. The molecule has 1 amide bonds. The third-order valence-corrected chi connectivity index (χ3v) is 6.94. The minimum absolute atomic E-state index is 0.0695. The van der Waals surface area contributed by atoms with Crippen LogP contribution in [0.25, 0.3) is 10.9 Å². The molecule has 1 saturated heterocycles. The summed E-state index contributed by atoms with van der Waals surface area (Å²) in [6.45, 7) is 3.75. The number of aromatic nitrogens is 2. The van der Waals surface area contributed by atoms with Crippen LogP contribution in [0.3, 0.4) is 0 Å². The molecule has 0 aliphatic carbocycles. The number of amides is 1. The molecule has 1 aliphatic heterocycles. The smallest absolute Gasteiger partial charge is 0.241 e. The Morgan fingerprint density at radius 2 is 2.00 bits per heavy atom. The maximum absolute atomic E-state index is 12.2. The van der Waals surface area contributed by atoms with Crippen LogP contribution < -0.4 is 5.32 Å². The number of benzene rings is 1. The number of para-hydroxylation sites is 1. The second kappa shape index (κ2) is 8.18. The van der Waals surface area contributed by atoms with Gasteiger partial charge in [-0.05, 0) is 31.2 Å². The van der Waals surface area contributed by atoms with Gasteiger partial charge in [0.2, 0.25) is 15.9 Å². The van der Waals surface area contributed by atoms with Crippen molar-refractivity contribution in [3.63, 3.8) is 0 Å². The number of fused-ring (bicyclic) bond motifs is 1. The molecule has 3 rings (SSSR count). The van der Waals surface area contributed by atoms with Crippen molar-refractivity contribution in [3.05, 3.63) is 30.5 Å². The van der Waals surface area contributed by atoms with Crippen LogP contribution in [0.2, 0.25) is 0 Å². The SMILES string of the molecule is CCCS(=O)(=O)N1CCC(CNC(=O)Cn2ncc3ccccc32)CC1. The van der Waals surface area contributed by atoms with Crippen molar-refractivity contribution in [2.24, 2.45) is 5.92 Å². The lowest BCUT2D eigenvalue weighted by molar-refractivity contribution is -0.122. The average molecular weight is 378 g/mol. The zero-order chi connectivity index (χ0) is 18.6. The number of nitrogens with one attached hydrogen (secondary N) is 1. The van der Waals surface area contributed by atoms with Gasteiger partial charge in [0.15, 0.2) is 0 Å². The van der Waals surface area contributed by atoms with E-state index in [2.05, 4.69) is 10.4 Å². The molecule has 0 spiro atoms. The van der Waals surface area contributed by atoms with Crippen LogP contribution in [0.4, 0.5) is 0 Å². The largest absolute Gasteiger partial charge is 0.354 e. The maximum atomic E-state index is 12.2. The highest BCUT2D eigenvalue weighted by Gasteiger charge is 2.27. The Labute approximate surface area is 154 Å². The number of sulfonamides is 1. The monoisotopic (exact) mass is 378 g/mol. The zero-order valence-electron chi connectivity index (χ0n) is 15.1. The molecule has 1 aromatic carbocycles. The van der Waals surface area contributed by atoms with E-state index in [0.717, 1.165) is 23.7 Å². The molecular formula is C18H26N4O3S. The molecule has 1 N–H and O–H groups in total. The fraction of sp³-hybridized carbons (Fsp3) is 0.556. The molecule has 0 saturated carbocycles. The number of nitrogens with zero attached hydrogens (tertiary/aromatic N) is 3. The Bertz CT molecular complexity index is 854. The van der Waals surface area contributed by atoms with Gasteiger partial charge in [-0.25, -0.2) is 12.7 Å². The number of rotatable bonds is 7. The quantitative estimate of drug-likeness (QED) is 0.793. The average Bonchev–Trinajstić information content (AvgIpc) is 3.03. The second-order valence-electron chi connectivity index (χ2n) is 6.82. The van der Waals surface area contributed by atoms with E-state index < -0.39 is 10.0 Å². The summed E-state index contributed by atoms with van der Waals surface area (Å²) in [5.74, 6) is 0.466. The van der Waals surface area contributed by atoms with Crippen molar-refractivity contribution >= 4 is 26.8 Å². The fourth-order valence-corrected chi connectivity index (χ4v) is 4.92. The molecule has 8 heteroatoms. The topological polar surface area (TPSA) is 84.3 Å². The molecular weight excluding hydrogens is 352 g/mol. The van der Waals surface area contributed by atoms with Gasteiger partial charge in [-0.1, -0.05) is 25.1 Å². The van der Waals surface area contributed by atoms with Gasteiger partial charge in [0.25, 0.3) is 0 Å². The van der Waals surface area contributed by atoms with E-state index in [4.69, 9.17) is 0 Å². The predicted molar refractivity (Wildman–Crippen MR) is 101 cm³/mol. The Kier molecular flexibility index (Phi) is 5.93. The van der Waals surface area contributed by atoms with Crippen molar-refractivity contribution in [1.29, 1.82) is 0 Å². The van der Waals surface area contributed by atoms with Gasteiger partial charge in [-0.3, -0.25) is 9.48 Å². The summed E-state index contributed by atoms with van der Waals surface area (Å²) in [6.07, 6.45) is 3.97. The standard InChI is InChI=1S/C18H26N4O3S/c1-2-11-26(24,25)21-9-7-15(8-10-21)12-19-18(23)14-22-17-6-4-3-5-16(17)13-20-22/h3-6,13,15H,2,7-12,14H2,1H3,(H,19,23). The first-order chi connectivity index (χ1) is 12.5. The van der Waals surface area contributed by atoms with Gasteiger partial charge in [0.05, 0.1) is 17.5 Å². The zero-order valence-corrected chi connectivity index (χ0v) is 15.9. The minimum Gasteiger partial charge on any atom is -0.354 e. The van der Waals surface area contributed by atoms with Gasteiger partial charge in [0, 0.05) is 25.0 Å². The first-order valence-electron chi connectivity index (χ1n) is 9.14. The van der Waals surface area contributed by atoms with E-state index >= 15 is 0 Å². The van der Waals surface area contributed by atoms with Crippen molar-refractivity contribution in [2.75, 3.05) is 25.4 Å². The van der Waals surface area contributed by atoms with Gasteiger partial charge < -0.3 is 5.32 Å². The van der Waals surface area contributed by atoms with Crippen LogP contribution in [-0.2, 0) is 21.4 Å². The van der Waals surface area contributed by atoms with Crippen molar-refractivity contribution < 1.29 is 13.2 Å². The first kappa shape index (κ1) is 18.8. The molecule has 0 unspecified atom stereocenters. The van der Waals surface area contributed by atoms with E-state index in [1.165, 1.54) is 0 Å². The minimum atomic E-state index is -3.11. The number of hydrogen-bond acceptors (Lipinski definition) is 4. The summed E-state index contributed by atoms with van der Waals surface area (Å²) < 4.78 is 27.5. The maximum Gasteiger partial charge on any atom is 0.241 e. The molecule has 2 aromatic rings. The summed E-state index contributed by atoms with van der Waals surface area (Å²) in [4.78, 5) is 12.2. The highest BCUT2D eigenvalue weighted by Crippen LogP contribution is 2.19. The molecule has 0 bridgehead atoms. The lowest BCUT2D eigenvalue weighted by Crippen LogP contribution is -2.42. The summed E-state index contributed by atoms with van der Waals surface area (Å²) in [7, 11) is -3.11. The van der Waals surface area contributed by atoms with Crippen molar-refractivity contribution in [3.8, 4) is 0 Å². The van der Waals surface area contributed by atoms with E-state index in [-0.39, 0.29) is 18.2 Å². The highest BCUT2D eigenvalue weighted by molar-refractivity contribution is 7.89. The van der Waals surface area contributed by atoms with Crippen LogP contribution in [0.15, 0.2) is 30.5 Å². The molecule has 1 aliphatic rings. The van der Waals surface area contributed by atoms with E-state index in [1.54, 1.807) is 15.2 Å². The normalized spacial score (nSPS) is 16.8. The number of carbonyl (C=O) groups is 1. The number of piperidine rings is 1. The Hall–Kier alpha value is -1.93. The molecule has 142 valence electrons. The molecule has 7 nitrogen and oxygen atoms in total. The third kappa shape index (κ3) is 4.42. The van der Waals surface area contributed by atoms with Gasteiger partial charge >= 0.3 is 0 Å². The van der Waals surface area contributed by atoms with Gasteiger partial charge in [-0.15, -0.1) is 0 Å². The van der Waals surface area contributed by atoms with Gasteiger partial charge in [-0.2, -0.15) is 5.10 Å². The molecule has 1 fully saturated rings. The first-order valence-corrected chi connectivity index (χ1v) is 10.8. The third-order valence-electron chi connectivity index (χ3n) is 4.86. The van der Waals surface area contributed by atoms with Crippen molar-refractivity contribution in [2.45, 2.75) is 32.7 Å². The van der Waals surface area contributed by atoms with E-state index in [0.29, 0.717) is 32.0 Å². The van der Waals surface area contributed by atoms with Crippen LogP contribution >= 0.6 is 0 Å². The van der Waals surface area contributed by atoms with Crippen LogP contribution in [0.1, 0.15) is 26.2 Å². The molecule has 0 atom stereocenters. The Morgan fingerprint density at radius 1 is 1.27 bits per heavy atom. The summed E-state index contributed by atoms with van der Waals surface area (Å²) in [5, 5.41) is 8.25. The second-order valence-corrected chi connectivity index (χ2v) is 8.91. The van der Waals surface area contributed by atoms with Crippen LogP contribution in [0, 0.1) is 5.92 Å². The van der Waals surface area contributed by atoms with Crippen LogP contribution in [-0.4, -0.2) is 53.8 Å². The summed E-state index contributed by atoms with van der Waals surface area (Å²) in [5.41, 5.74) is 0.942. The van der Waals surface area contributed by atoms with E-state index in [1.807, 2.05) is 31.2 Å². The number of carbonyl (C=O) groups excluding carboxylic acids is 1. The fourth-order valence-electron chi connectivity index (χ4n) is 3.38. The Balaban J connectivity index is 1.46. The van der Waals surface area contributed by atoms with Crippen molar-refractivity contribution in [1.82, 2.24) is 19.4 Å². The predicted octanol–water partition coefficient (Wildman–Crippen LogP) is 1.60. The molecule has 2 heterocycles. The van der Waals surface area contributed by atoms with Crippen LogP contribution in [0.5, 0.6) is 0 Å². The lowest BCUT2D eigenvalue weighted by Gasteiger charge is -2.31. The van der Waals surface area contributed by atoms with E-state index in [9.17, 15) is 13.2 Å². The highest BCUT2D eigenvalue weighted by atomic mass is 32.2. The van der Waals surface area contributed by atoms with Gasteiger partial charge in [0.1, 0.15) is 6.54 Å². The summed E-state index contributed by atoms with van der Waals surface area (Å²) >= 11 is 0. The molecule has 1 aromatic heterocycles.